The van der Waals surface area contributed by atoms with Gasteiger partial charge in [-0.15, -0.1) is 0 Å². The summed E-state index contributed by atoms with van der Waals surface area (Å²) in [5, 5.41) is 2.70. The van der Waals surface area contributed by atoms with Crippen molar-refractivity contribution in [3.8, 4) is 0 Å². The highest BCUT2D eigenvalue weighted by atomic mass is 16.5. The predicted molar refractivity (Wildman–Crippen MR) is 82.6 cm³/mol. The lowest BCUT2D eigenvalue weighted by Crippen LogP contribution is -2.35. The Labute approximate surface area is 131 Å². The van der Waals surface area contributed by atoms with Gasteiger partial charge in [-0.3, -0.25) is 9.69 Å². The molecular formula is C16H24N2O4. The molecule has 0 saturated carbocycles. The van der Waals surface area contributed by atoms with E-state index in [1.54, 1.807) is 14.2 Å². The van der Waals surface area contributed by atoms with Gasteiger partial charge in [0.05, 0.1) is 19.8 Å². The van der Waals surface area contributed by atoms with Crippen LogP contribution >= 0.6 is 0 Å². The molecule has 2 rings (SSSR count). The lowest BCUT2D eigenvalue weighted by Gasteiger charge is -2.26. The maximum absolute atomic E-state index is 12.1. The van der Waals surface area contributed by atoms with Crippen LogP contribution in [-0.4, -0.2) is 58.1 Å². The summed E-state index contributed by atoms with van der Waals surface area (Å²) in [5.41, 5.74) is 2.70. The standard InChI is InChI=1S/C16H24N2O4/c1-20-11-14-9-13(10-18-5-7-22-8-6-18)3-4-15(14)16(19)17-12-21-2/h3-4,9H,5-8,10-12H2,1-2H3,(H,17,19). The fourth-order valence-corrected chi connectivity index (χ4v) is 2.49. The second-order valence-corrected chi connectivity index (χ2v) is 5.25. The molecule has 1 fully saturated rings. The summed E-state index contributed by atoms with van der Waals surface area (Å²) >= 11 is 0. The third-order valence-electron chi connectivity index (χ3n) is 3.60. The lowest BCUT2D eigenvalue weighted by atomic mass is 10.0. The number of rotatable bonds is 7. The first-order valence-corrected chi connectivity index (χ1v) is 7.42. The van der Waals surface area contributed by atoms with Crippen LogP contribution in [0.4, 0.5) is 0 Å². The minimum atomic E-state index is -0.146. The molecule has 1 saturated heterocycles. The molecule has 0 atom stereocenters. The van der Waals surface area contributed by atoms with E-state index >= 15 is 0 Å². The second-order valence-electron chi connectivity index (χ2n) is 5.25. The monoisotopic (exact) mass is 308 g/mol. The van der Waals surface area contributed by atoms with Crippen molar-refractivity contribution < 1.29 is 19.0 Å². The van der Waals surface area contributed by atoms with Gasteiger partial charge in [0, 0.05) is 39.4 Å². The quantitative estimate of drug-likeness (QED) is 0.762. The normalized spacial score (nSPS) is 15.7. The van der Waals surface area contributed by atoms with Gasteiger partial charge in [0.2, 0.25) is 0 Å². The highest BCUT2D eigenvalue weighted by Crippen LogP contribution is 2.16. The van der Waals surface area contributed by atoms with E-state index < -0.39 is 0 Å². The molecule has 1 N–H and O–H groups in total. The van der Waals surface area contributed by atoms with Crippen molar-refractivity contribution in [3.05, 3.63) is 34.9 Å². The van der Waals surface area contributed by atoms with Gasteiger partial charge in [-0.25, -0.2) is 0 Å². The summed E-state index contributed by atoms with van der Waals surface area (Å²) in [4.78, 5) is 14.5. The number of nitrogens with zero attached hydrogens (tertiary/aromatic N) is 1. The Bertz CT molecular complexity index is 487. The Balaban J connectivity index is 2.09. The topological polar surface area (TPSA) is 60.0 Å². The summed E-state index contributed by atoms with van der Waals surface area (Å²) in [7, 11) is 3.17. The zero-order valence-electron chi connectivity index (χ0n) is 13.3. The maximum Gasteiger partial charge on any atom is 0.253 e. The van der Waals surface area contributed by atoms with E-state index in [9.17, 15) is 4.79 Å². The van der Waals surface area contributed by atoms with Crippen LogP contribution in [0, 0.1) is 0 Å². The highest BCUT2D eigenvalue weighted by molar-refractivity contribution is 5.95. The van der Waals surface area contributed by atoms with Gasteiger partial charge in [0.15, 0.2) is 0 Å². The third kappa shape index (κ3) is 4.78. The minimum absolute atomic E-state index is 0.146. The van der Waals surface area contributed by atoms with Crippen molar-refractivity contribution in [2.75, 3.05) is 47.3 Å². The Hall–Kier alpha value is -1.47. The third-order valence-corrected chi connectivity index (χ3v) is 3.60. The van der Waals surface area contributed by atoms with Crippen LogP contribution < -0.4 is 5.32 Å². The Morgan fingerprint density at radius 1 is 1.27 bits per heavy atom. The molecule has 0 bridgehead atoms. The summed E-state index contributed by atoms with van der Waals surface area (Å²) in [6.07, 6.45) is 0. The number of ether oxygens (including phenoxy) is 3. The number of nitrogens with one attached hydrogen (secondary N) is 1. The number of morpholine rings is 1. The zero-order chi connectivity index (χ0) is 15.8. The van der Waals surface area contributed by atoms with Crippen LogP contribution in [-0.2, 0) is 27.4 Å². The Morgan fingerprint density at radius 2 is 2.05 bits per heavy atom. The summed E-state index contributed by atoms with van der Waals surface area (Å²) in [6.45, 7) is 4.91. The van der Waals surface area contributed by atoms with Crippen LogP contribution in [0.15, 0.2) is 18.2 Å². The van der Waals surface area contributed by atoms with E-state index in [1.165, 1.54) is 5.56 Å². The summed E-state index contributed by atoms with van der Waals surface area (Å²) in [6, 6.07) is 5.89. The molecule has 1 aromatic carbocycles. The molecule has 0 aliphatic carbocycles. The fraction of sp³-hybridized carbons (Fsp3) is 0.562. The molecule has 22 heavy (non-hydrogen) atoms. The van der Waals surface area contributed by atoms with E-state index in [0.717, 1.165) is 38.4 Å². The molecule has 1 aliphatic heterocycles. The fourth-order valence-electron chi connectivity index (χ4n) is 2.49. The first kappa shape index (κ1) is 16.9. The molecule has 1 aliphatic rings. The van der Waals surface area contributed by atoms with Crippen LogP contribution in [0.5, 0.6) is 0 Å². The Morgan fingerprint density at radius 3 is 2.73 bits per heavy atom. The molecule has 0 aromatic heterocycles. The van der Waals surface area contributed by atoms with Gasteiger partial charge in [-0.05, 0) is 17.2 Å². The van der Waals surface area contributed by atoms with Crippen LogP contribution in [0.1, 0.15) is 21.5 Å². The second kappa shape index (κ2) is 8.85. The number of amides is 1. The lowest BCUT2D eigenvalue weighted by molar-refractivity contribution is 0.0341. The van der Waals surface area contributed by atoms with Gasteiger partial charge < -0.3 is 19.5 Å². The number of carbonyl (C=O) groups is 1. The Kier molecular flexibility index (Phi) is 6.79. The number of hydrogen-bond donors (Lipinski definition) is 1. The average molecular weight is 308 g/mol. The molecule has 0 radical (unpaired) electrons. The van der Waals surface area contributed by atoms with Crippen molar-refractivity contribution in [3.63, 3.8) is 0 Å². The first-order chi connectivity index (χ1) is 10.7. The van der Waals surface area contributed by atoms with Crippen molar-refractivity contribution >= 4 is 5.91 Å². The summed E-state index contributed by atoms with van der Waals surface area (Å²) in [5.74, 6) is -0.146. The van der Waals surface area contributed by atoms with E-state index in [-0.39, 0.29) is 12.6 Å². The average Bonchev–Trinajstić information content (AvgIpc) is 2.54. The molecule has 122 valence electrons. The van der Waals surface area contributed by atoms with E-state index in [4.69, 9.17) is 14.2 Å². The van der Waals surface area contributed by atoms with Gasteiger partial charge in [0.25, 0.3) is 5.91 Å². The van der Waals surface area contributed by atoms with Gasteiger partial charge >= 0.3 is 0 Å². The molecule has 1 aromatic rings. The maximum atomic E-state index is 12.1. The SMILES string of the molecule is COCNC(=O)c1ccc(CN2CCOCC2)cc1COC. The molecule has 6 heteroatoms. The van der Waals surface area contributed by atoms with Crippen molar-refractivity contribution in [1.82, 2.24) is 10.2 Å². The van der Waals surface area contributed by atoms with Crippen LogP contribution in [0.3, 0.4) is 0 Å². The minimum Gasteiger partial charge on any atom is -0.380 e. The molecular weight excluding hydrogens is 284 g/mol. The van der Waals surface area contributed by atoms with E-state index in [0.29, 0.717) is 12.2 Å². The van der Waals surface area contributed by atoms with Gasteiger partial charge in [-0.2, -0.15) is 0 Å². The van der Waals surface area contributed by atoms with Crippen molar-refractivity contribution in [2.45, 2.75) is 13.2 Å². The largest absolute Gasteiger partial charge is 0.380 e. The van der Waals surface area contributed by atoms with Gasteiger partial charge in [-0.1, -0.05) is 12.1 Å². The van der Waals surface area contributed by atoms with E-state index in [2.05, 4.69) is 10.2 Å². The van der Waals surface area contributed by atoms with Crippen molar-refractivity contribution in [1.29, 1.82) is 0 Å². The molecule has 1 amide bonds. The number of methoxy groups -OCH3 is 2. The molecule has 0 spiro atoms. The number of carbonyl (C=O) groups excluding carboxylic acids is 1. The molecule has 6 nitrogen and oxygen atoms in total. The summed E-state index contributed by atoms with van der Waals surface area (Å²) < 4.78 is 15.5. The first-order valence-electron chi connectivity index (χ1n) is 7.42. The number of benzene rings is 1. The van der Waals surface area contributed by atoms with Gasteiger partial charge in [0.1, 0.15) is 6.73 Å². The highest BCUT2D eigenvalue weighted by Gasteiger charge is 2.14. The smallest absolute Gasteiger partial charge is 0.253 e. The van der Waals surface area contributed by atoms with Crippen LogP contribution in [0.2, 0.25) is 0 Å². The number of hydrogen-bond acceptors (Lipinski definition) is 5. The predicted octanol–water partition coefficient (Wildman–Crippen LogP) is 0.999. The van der Waals surface area contributed by atoms with Crippen molar-refractivity contribution in [2.24, 2.45) is 0 Å². The van der Waals surface area contributed by atoms with Crippen LogP contribution in [0.25, 0.3) is 0 Å². The molecule has 1 heterocycles. The zero-order valence-corrected chi connectivity index (χ0v) is 13.3. The van der Waals surface area contributed by atoms with E-state index in [1.807, 2.05) is 18.2 Å². The molecule has 0 unspecified atom stereocenters.